The highest BCUT2D eigenvalue weighted by Crippen LogP contribution is 2.37. The minimum absolute atomic E-state index is 0.0177. The van der Waals surface area contributed by atoms with Gasteiger partial charge in [-0.3, -0.25) is 9.69 Å². The van der Waals surface area contributed by atoms with E-state index in [9.17, 15) is 14.3 Å². The van der Waals surface area contributed by atoms with Crippen molar-refractivity contribution in [2.24, 2.45) is 0 Å². The van der Waals surface area contributed by atoms with Gasteiger partial charge in [-0.15, -0.1) is 0 Å². The first-order chi connectivity index (χ1) is 18.1. The number of carboxylic acids is 1. The van der Waals surface area contributed by atoms with Crippen LogP contribution >= 0.6 is 0 Å². The highest BCUT2D eigenvalue weighted by Gasteiger charge is 2.37. The molecule has 2 aromatic rings. The molecular weight excluding hydrogens is 473 g/mol. The van der Waals surface area contributed by atoms with E-state index >= 15 is 0 Å². The number of aromatic nitrogens is 1. The molecule has 1 aromatic heterocycles. The van der Waals surface area contributed by atoms with Crippen LogP contribution in [0.3, 0.4) is 0 Å². The van der Waals surface area contributed by atoms with Crippen LogP contribution in [0, 0.1) is 5.82 Å². The number of pyridine rings is 1. The van der Waals surface area contributed by atoms with Crippen molar-refractivity contribution in [3.05, 3.63) is 58.5 Å². The maximum absolute atomic E-state index is 14.9. The number of ether oxygens (including phenoxy) is 2. The number of nitrogens with zero attached hydrogens (tertiary/aromatic N) is 2. The minimum Gasteiger partial charge on any atom is -0.480 e. The lowest BCUT2D eigenvalue weighted by atomic mass is 9.91. The van der Waals surface area contributed by atoms with Gasteiger partial charge in [0.25, 0.3) is 0 Å². The number of benzene rings is 1. The smallest absolute Gasteiger partial charge is 0.325 e. The topological polar surface area (TPSA) is 83.9 Å². The van der Waals surface area contributed by atoms with Crippen molar-refractivity contribution in [2.75, 3.05) is 38.2 Å². The van der Waals surface area contributed by atoms with Gasteiger partial charge in [0.2, 0.25) is 0 Å². The molecule has 3 aliphatic rings. The van der Waals surface area contributed by atoms with Gasteiger partial charge >= 0.3 is 5.97 Å². The second kappa shape index (κ2) is 12.3. The van der Waals surface area contributed by atoms with E-state index in [1.165, 1.54) is 11.6 Å². The second-order valence-corrected chi connectivity index (χ2v) is 10.4. The van der Waals surface area contributed by atoms with Gasteiger partial charge in [0.15, 0.2) is 0 Å². The quantitative estimate of drug-likeness (QED) is 0.432. The summed E-state index contributed by atoms with van der Waals surface area (Å²) in [4.78, 5) is 19.1. The van der Waals surface area contributed by atoms with Gasteiger partial charge in [0.1, 0.15) is 17.7 Å². The van der Waals surface area contributed by atoms with E-state index < -0.39 is 12.0 Å². The van der Waals surface area contributed by atoms with Crippen LogP contribution < -0.4 is 5.32 Å². The Morgan fingerprint density at radius 3 is 2.97 bits per heavy atom. The van der Waals surface area contributed by atoms with Crippen molar-refractivity contribution in [2.45, 2.75) is 76.0 Å². The number of anilines is 1. The van der Waals surface area contributed by atoms with Crippen molar-refractivity contribution < 1.29 is 23.8 Å². The van der Waals surface area contributed by atoms with Crippen LogP contribution in [0.5, 0.6) is 0 Å². The molecule has 4 heterocycles. The predicted molar refractivity (Wildman–Crippen MR) is 139 cm³/mol. The number of carbonyl (C=O) groups is 1. The first-order valence-corrected chi connectivity index (χ1v) is 13.8. The molecule has 2 N–H and O–H groups in total. The van der Waals surface area contributed by atoms with Crippen LogP contribution in [-0.4, -0.2) is 59.9 Å². The average Bonchev–Trinajstić information content (AvgIpc) is 3.37. The van der Waals surface area contributed by atoms with Crippen LogP contribution in [0.1, 0.15) is 79.5 Å². The lowest BCUT2D eigenvalue weighted by molar-refractivity contribution is -0.143. The number of hydrogen-bond acceptors (Lipinski definition) is 6. The van der Waals surface area contributed by atoms with Crippen LogP contribution in [0.15, 0.2) is 30.3 Å². The van der Waals surface area contributed by atoms with Crippen molar-refractivity contribution >= 4 is 11.8 Å². The summed E-state index contributed by atoms with van der Waals surface area (Å²) < 4.78 is 26.9. The van der Waals surface area contributed by atoms with E-state index in [4.69, 9.17) is 14.5 Å². The Morgan fingerprint density at radius 2 is 2.14 bits per heavy atom. The SMILES string of the molecule is O=C(O)[C@H](c1cccc(F)c1C1CCCCO1)N1CCC(OCCCCc2ccc3c(n2)NCCC3)C1. The molecule has 3 aliphatic heterocycles. The molecule has 5 rings (SSSR count). The van der Waals surface area contributed by atoms with Gasteiger partial charge in [-0.25, -0.2) is 9.37 Å². The summed E-state index contributed by atoms with van der Waals surface area (Å²) >= 11 is 0. The Kier molecular flexibility index (Phi) is 8.69. The molecular formula is C29H38FN3O4. The number of fused-ring (bicyclic) bond motifs is 1. The number of aryl methyl sites for hydroxylation is 2. The molecule has 2 fully saturated rings. The number of aliphatic carboxylic acids is 1. The Hall–Kier alpha value is -2.55. The molecule has 37 heavy (non-hydrogen) atoms. The molecule has 0 bridgehead atoms. The van der Waals surface area contributed by atoms with Gasteiger partial charge in [-0.05, 0) is 81.0 Å². The fraction of sp³-hybridized carbons (Fsp3) is 0.586. The van der Waals surface area contributed by atoms with Crippen LogP contribution in [0.4, 0.5) is 10.2 Å². The van der Waals surface area contributed by atoms with Crippen molar-refractivity contribution in [3.8, 4) is 0 Å². The fourth-order valence-corrected chi connectivity index (χ4v) is 5.88. The van der Waals surface area contributed by atoms with E-state index in [1.54, 1.807) is 12.1 Å². The van der Waals surface area contributed by atoms with Gasteiger partial charge in [-0.2, -0.15) is 0 Å². The van der Waals surface area contributed by atoms with Crippen LogP contribution in [0.25, 0.3) is 0 Å². The first-order valence-electron chi connectivity index (χ1n) is 13.8. The summed E-state index contributed by atoms with van der Waals surface area (Å²) in [5, 5.41) is 13.5. The third-order valence-electron chi connectivity index (χ3n) is 7.79. The fourth-order valence-electron chi connectivity index (χ4n) is 5.88. The number of likely N-dealkylation sites (tertiary alicyclic amines) is 1. The minimum atomic E-state index is -0.963. The number of halogens is 1. The van der Waals surface area contributed by atoms with Gasteiger partial charge in [0, 0.05) is 44.1 Å². The molecule has 0 amide bonds. The molecule has 8 heteroatoms. The Labute approximate surface area is 218 Å². The van der Waals surface area contributed by atoms with Crippen LogP contribution in [-0.2, 0) is 27.1 Å². The number of unbranched alkanes of at least 4 members (excludes halogenated alkanes) is 1. The largest absolute Gasteiger partial charge is 0.480 e. The maximum atomic E-state index is 14.9. The van der Waals surface area contributed by atoms with E-state index in [2.05, 4.69) is 17.4 Å². The van der Waals surface area contributed by atoms with Gasteiger partial charge in [-0.1, -0.05) is 18.2 Å². The van der Waals surface area contributed by atoms with E-state index in [1.807, 2.05) is 4.90 Å². The summed E-state index contributed by atoms with van der Waals surface area (Å²) in [5.74, 6) is -0.308. The van der Waals surface area contributed by atoms with E-state index in [-0.39, 0.29) is 18.0 Å². The molecule has 7 nitrogen and oxygen atoms in total. The number of hydrogen-bond donors (Lipinski definition) is 2. The Balaban J connectivity index is 1.13. The molecule has 200 valence electrons. The molecule has 0 aliphatic carbocycles. The zero-order valence-electron chi connectivity index (χ0n) is 21.5. The van der Waals surface area contributed by atoms with Crippen LogP contribution in [0.2, 0.25) is 0 Å². The first kappa shape index (κ1) is 26.1. The Bertz CT molecular complexity index is 1080. The maximum Gasteiger partial charge on any atom is 0.325 e. The summed E-state index contributed by atoms with van der Waals surface area (Å²) in [6.07, 6.45) is 8.08. The van der Waals surface area contributed by atoms with Crippen molar-refractivity contribution in [3.63, 3.8) is 0 Å². The molecule has 2 saturated heterocycles. The second-order valence-electron chi connectivity index (χ2n) is 10.4. The lowest BCUT2D eigenvalue weighted by Gasteiger charge is -2.30. The average molecular weight is 512 g/mol. The van der Waals surface area contributed by atoms with Crippen molar-refractivity contribution in [1.82, 2.24) is 9.88 Å². The van der Waals surface area contributed by atoms with Crippen molar-refractivity contribution in [1.29, 1.82) is 0 Å². The zero-order valence-corrected chi connectivity index (χ0v) is 21.5. The standard InChI is InChI=1S/C29H38FN3O4/c30-24-10-5-9-23(26(24)25-11-2-4-18-37-25)27(29(34)35)33-16-14-22(19-33)36-17-3-1-8-21-13-12-20-7-6-15-31-28(20)32-21/h5,9-10,12-13,22,25,27H,1-4,6-8,11,14-19H2,(H,31,32)(H,34,35)/t22?,25?,27-/m0/s1. The number of rotatable bonds is 10. The highest BCUT2D eigenvalue weighted by atomic mass is 19.1. The molecule has 0 spiro atoms. The summed E-state index contributed by atoms with van der Waals surface area (Å²) in [5.41, 5.74) is 3.33. The number of nitrogens with one attached hydrogen (secondary N) is 1. The Morgan fingerprint density at radius 1 is 1.22 bits per heavy atom. The van der Waals surface area contributed by atoms with E-state index in [0.717, 1.165) is 69.4 Å². The molecule has 0 radical (unpaired) electrons. The zero-order chi connectivity index (χ0) is 25.6. The molecule has 0 saturated carbocycles. The van der Waals surface area contributed by atoms with E-state index in [0.29, 0.717) is 43.9 Å². The molecule has 2 unspecified atom stereocenters. The van der Waals surface area contributed by atoms with Gasteiger partial charge in [0.05, 0.1) is 12.2 Å². The monoisotopic (exact) mass is 511 g/mol. The third kappa shape index (κ3) is 6.30. The summed E-state index contributed by atoms with van der Waals surface area (Å²) in [6.45, 7) is 3.34. The summed E-state index contributed by atoms with van der Waals surface area (Å²) in [6, 6.07) is 8.16. The normalized spacial score (nSPS) is 22.8. The molecule has 3 atom stereocenters. The predicted octanol–water partition coefficient (Wildman–Crippen LogP) is 5.06. The number of carboxylic acid groups (broad SMARTS) is 1. The van der Waals surface area contributed by atoms with Gasteiger partial charge < -0.3 is 19.9 Å². The third-order valence-corrected chi connectivity index (χ3v) is 7.79. The highest BCUT2D eigenvalue weighted by molar-refractivity contribution is 5.76. The lowest BCUT2D eigenvalue weighted by Crippen LogP contribution is -2.35. The summed E-state index contributed by atoms with van der Waals surface area (Å²) in [7, 11) is 0. The molecule has 1 aromatic carbocycles.